The third-order valence-electron chi connectivity index (χ3n) is 3.94. The molecule has 7 nitrogen and oxygen atoms in total. The monoisotopic (exact) mass is 322 g/mol. The number of nitrogens with one attached hydrogen (secondary N) is 1. The molecule has 0 unspecified atom stereocenters. The zero-order valence-electron chi connectivity index (χ0n) is 12.2. The van der Waals surface area contributed by atoms with Gasteiger partial charge in [0.05, 0.1) is 6.54 Å². The van der Waals surface area contributed by atoms with Gasteiger partial charge in [0.25, 0.3) is 5.91 Å². The highest BCUT2D eigenvalue weighted by Gasteiger charge is 2.32. The largest absolute Gasteiger partial charge is 0.339 e. The van der Waals surface area contributed by atoms with Gasteiger partial charge in [-0.05, 0) is 22.4 Å². The Kier molecular flexibility index (Phi) is 4.39. The summed E-state index contributed by atoms with van der Waals surface area (Å²) in [5.41, 5.74) is 1.30. The molecule has 0 bridgehead atoms. The number of carbonyl (C=O) groups is 3. The second-order valence-corrected chi connectivity index (χ2v) is 6.21. The molecule has 3 heterocycles. The minimum absolute atomic E-state index is 0.0134. The van der Waals surface area contributed by atoms with Crippen LogP contribution in [0.5, 0.6) is 0 Å². The molecule has 0 spiro atoms. The Morgan fingerprint density at radius 1 is 1.23 bits per heavy atom. The molecule has 2 aliphatic heterocycles. The summed E-state index contributed by atoms with van der Waals surface area (Å²) in [5, 5.41) is 6.62. The molecular formula is C14H18N4O3S. The first-order valence-electron chi connectivity index (χ1n) is 7.23. The standard InChI is InChI=1S/C14H18N4O3S/c19-12-7-15-14(21)18(12)9-13(20)17-4-2-16(3-5-17)8-11-1-6-22-10-11/h1,6,10H,2-5,7-9H2,(H,15,21). The smallest absolute Gasteiger partial charge is 0.325 e. The van der Waals surface area contributed by atoms with Gasteiger partial charge in [-0.15, -0.1) is 0 Å². The van der Waals surface area contributed by atoms with Gasteiger partial charge in [-0.25, -0.2) is 4.79 Å². The zero-order valence-corrected chi connectivity index (χ0v) is 13.0. The number of hydrogen-bond acceptors (Lipinski definition) is 5. The zero-order chi connectivity index (χ0) is 15.5. The summed E-state index contributed by atoms with van der Waals surface area (Å²) in [7, 11) is 0. The van der Waals surface area contributed by atoms with Crippen molar-refractivity contribution in [3.63, 3.8) is 0 Å². The molecule has 22 heavy (non-hydrogen) atoms. The number of hydrogen-bond donors (Lipinski definition) is 1. The van der Waals surface area contributed by atoms with E-state index in [4.69, 9.17) is 0 Å². The number of nitrogens with zero attached hydrogens (tertiary/aromatic N) is 3. The molecule has 1 aromatic rings. The third-order valence-corrected chi connectivity index (χ3v) is 4.67. The molecule has 8 heteroatoms. The van der Waals surface area contributed by atoms with E-state index in [-0.39, 0.29) is 24.9 Å². The Morgan fingerprint density at radius 3 is 2.59 bits per heavy atom. The predicted molar refractivity (Wildman–Crippen MR) is 81.3 cm³/mol. The highest BCUT2D eigenvalue weighted by Crippen LogP contribution is 2.12. The van der Waals surface area contributed by atoms with E-state index in [0.717, 1.165) is 24.5 Å². The van der Waals surface area contributed by atoms with Crippen molar-refractivity contribution in [3.8, 4) is 0 Å². The number of imide groups is 1. The fourth-order valence-electron chi connectivity index (χ4n) is 2.65. The Bertz CT molecular complexity index is 551. The molecule has 0 aliphatic carbocycles. The Labute approximate surface area is 132 Å². The van der Waals surface area contributed by atoms with Crippen molar-refractivity contribution < 1.29 is 14.4 Å². The van der Waals surface area contributed by atoms with E-state index in [2.05, 4.69) is 27.0 Å². The fourth-order valence-corrected chi connectivity index (χ4v) is 3.31. The van der Waals surface area contributed by atoms with Crippen molar-refractivity contribution in [2.24, 2.45) is 0 Å². The number of carbonyl (C=O) groups excluding carboxylic acids is 3. The van der Waals surface area contributed by atoms with Crippen LogP contribution in [0.2, 0.25) is 0 Å². The van der Waals surface area contributed by atoms with Crippen LogP contribution in [0.4, 0.5) is 4.79 Å². The summed E-state index contributed by atoms with van der Waals surface area (Å²) < 4.78 is 0. The van der Waals surface area contributed by atoms with Crippen molar-refractivity contribution in [2.45, 2.75) is 6.54 Å². The van der Waals surface area contributed by atoms with Crippen LogP contribution < -0.4 is 5.32 Å². The molecule has 3 rings (SSSR count). The van der Waals surface area contributed by atoms with Gasteiger partial charge < -0.3 is 10.2 Å². The van der Waals surface area contributed by atoms with Gasteiger partial charge in [0.1, 0.15) is 6.54 Å². The molecule has 2 fully saturated rings. The lowest BCUT2D eigenvalue weighted by atomic mass is 10.2. The van der Waals surface area contributed by atoms with Gasteiger partial charge in [0, 0.05) is 32.7 Å². The number of urea groups is 1. The van der Waals surface area contributed by atoms with Crippen LogP contribution in [0, 0.1) is 0 Å². The first-order chi connectivity index (χ1) is 10.6. The van der Waals surface area contributed by atoms with Crippen LogP contribution in [0.3, 0.4) is 0 Å². The molecule has 4 amide bonds. The van der Waals surface area contributed by atoms with Crippen molar-refractivity contribution >= 4 is 29.2 Å². The quantitative estimate of drug-likeness (QED) is 0.789. The predicted octanol–water partition coefficient (Wildman–Crippen LogP) is -0.0559. The molecule has 2 aliphatic rings. The van der Waals surface area contributed by atoms with Crippen LogP contribution in [0.1, 0.15) is 5.56 Å². The van der Waals surface area contributed by atoms with Gasteiger partial charge in [0.2, 0.25) is 5.91 Å². The lowest BCUT2D eigenvalue weighted by Gasteiger charge is -2.35. The van der Waals surface area contributed by atoms with E-state index < -0.39 is 6.03 Å². The molecule has 0 radical (unpaired) electrons. The minimum Gasteiger partial charge on any atom is -0.339 e. The maximum absolute atomic E-state index is 12.2. The number of thiophene rings is 1. The molecule has 118 valence electrons. The van der Waals surface area contributed by atoms with E-state index in [1.165, 1.54) is 5.56 Å². The average molecular weight is 322 g/mol. The van der Waals surface area contributed by atoms with Crippen LogP contribution in [0.25, 0.3) is 0 Å². The van der Waals surface area contributed by atoms with Crippen LogP contribution in [0.15, 0.2) is 16.8 Å². The average Bonchev–Trinajstić information content (AvgIpc) is 3.13. The van der Waals surface area contributed by atoms with Crippen molar-refractivity contribution in [1.29, 1.82) is 0 Å². The first kappa shape index (κ1) is 15.0. The lowest BCUT2D eigenvalue weighted by Crippen LogP contribution is -2.51. The number of amides is 4. The number of piperazine rings is 1. The summed E-state index contributed by atoms with van der Waals surface area (Å²) in [6.07, 6.45) is 0. The van der Waals surface area contributed by atoms with E-state index in [1.807, 2.05) is 0 Å². The van der Waals surface area contributed by atoms with Crippen LogP contribution >= 0.6 is 11.3 Å². The van der Waals surface area contributed by atoms with E-state index in [1.54, 1.807) is 16.2 Å². The van der Waals surface area contributed by atoms with Gasteiger partial charge in [0.15, 0.2) is 0 Å². The van der Waals surface area contributed by atoms with Crippen LogP contribution in [-0.2, 0) is 16.1 Å². The summed E-state index contributed by atoms with van der Waals surface area (Å²) in [4.78, 5) is 40.2. The first-order valence-corrected chi connectivity index (χ1v) is 8.17. The molecule has 0 atom stereocenters. The van der Waals surface area contributed by atoms with Crippen molar-refractivity contribution in [3.05, 3.63) is 22.4 Å². The van der Waals surface area contributed by atoms with Gasteiger partial charge in [-0.3, -0.25) is 19.4 Å². The lowest BCUT2D eigenvalue weighted by molar-refractivity contribution is -0.137. The van der Waals surface area contributed by atoms with Crippen molar-refractivity contribution in [1.82, 2.24) is 20.0 Å². The second-order valence-electron chi connectivity index (χ2n) is 5.43. The normalized spacial score (nSPS) is 19.6. The Balaban J connectivity index is 1.47. The van der Waals surface area contributed by atoms with Crippen LogP contribution in [-0.4, -0.2) is 71.8 Å². The maximum atomic E-state index is 12.2. The SMILES string of the molecule is O=C(CN1C(=O)CNC1=O)N1CCN(Cc2ccsc2)CC1. The van der Waals surface area contributed by atoms with Gasteiger partial charge in [-0.1, -0.05) is 0 Å². The molecule has 0 aromatic carbocycles. The minimum atomic E-state index is -0.477. The molecular weight excluding hydrogens is 304 g/mol. The number of rotatable bonds is 4. The fraction of sp³-hybridized carbons (Fsp3) is 0.500. The molecule has 1 aromatic heterocycles. The van der Waals surface area contributed by atoms with E-state index in [9.17, 15) is 14.4 Å². The van der Waals surface area contributed by atoms with Crippen molar-refractivity contribution in [2.75, 3.05) is 39.3 Å². The summed E-state index contributed by atoms with van der Waals surface area (Å²) in [5.74, 6) is -0.505. The third kappa shape index (κ3) is 3.28. The molecule has 1 N–H and O–H groups in total. The molecule has 0 saturated carbocycles. The summed E-state index contributed by atoms with van der Waals surface area (Å²) >= 11 is 1.69. The second kappa shape index (κ2) is 6.45. The van der Waals surface area contributed by atoms with E-state index >= 15 is 0 Å². The highest BCUT2D eigenvalue weighted by atomic mass is 32.1. The highest BCUT2D eigenvalue weighted by molar-refractivity contribution is 7.07. The summed E-state index contributed by atoms with van der Waals surface area (Å²) in [6.45, 7) is 3.61. The van der Waals surface area contributed by atoms with Gasteiger partial charge in [-0.2, -0.15) is 11.3 Å². The van der Waals surface area contributed by atoms with E-state index in [0.29, 0.717) is 13.1 Å². The maximum Gasteiger partial charge on any atom is 0.325 e. The van der Waals surface area contributed by atoms with Gasteiger partial charge >= 0.3 is 6.03 Å². The summed E-state index contributed by atoms with van der Waals surface area (Å²) in [6, 6.07) is 1.63. The topological polar surface area (TPSA) is 73.0 Å². The Hall–Kier alpha value is -1.93. The Morgan fingerprint density at radius 2 is 2.00 bits per heavy atom. The molecule has 2 saturated heterocycles.